The largest absolute Gasteiger partial charge is 0.496 e. The van der Waals surface area contributed by atoms with Gasteiger partial charge in [0, 0.05) is 23.8 Å². The normalized spacial score (nSPS) is 12.4. The third-order valence-electron chi connectivity index (χ3n) is 5.21. The summed E-state index contributed by atoms with van der Waals surface area (Å²) in [6.45, 7) is 0.538. The predicted octanol–water partition coefficient (Wildman–Crippen LogP) is 4.58. The third-order valence-corrected chi connectivity index (χ3v) is 5.21. The quantitative estimate of drug-likeness (QED) is 0.168. The van der Waals surface area contributed by atoms with Gasteiger partial charge < -0.3 is 23.7 Å². The molecule has 0 N–H and O–H groups in total. The molecule has 0 saturated carbocycles. The minimum absolute atomic E-state index is 0.217. The summed E-state index contributed by atoms with van der Waals surface area (Å²) in [6.07, 6.45) is -1.82. The fraction of sp³-hybridized carbons (Fsp3) is 0.259. The van der Waals surface area contributed by atoms with Gasteiger partial charge in [0.05, 0.1) is 27.4 Å². The van der Waals surface area contributed by atoms with Gasteiger partial charge in [-0.1, -0.05) is 66.7 Å². The van der Waals surface area contributed by atoms with Gasteiger partial charge in [0.1, 0.15) is 17.6 Å². The van der Waals surface area contributed by atoms with Gasteiger partial charge in [-0.15, -0.1) is 0 Å². The number of hydrogen-bond donors (Lipinski definition) is 0. The summed E-state index contributed by atoms with van der Waals surface area (Å²) < 4.78 is 28.2. The molecule has 0 amide bonds. The van der Waals surface area contributed by atoms with Crippen LogP contribution >= 0.6 is 0 Å². The predicted molar refractivity (Wildman–Crippen MR) is 126 cm³/mol. The number of carbonyl (C=O) groups is 2. The van der Waals surface area contributed by atoms with E-state index in [9.17, 15) is 9.59 Å². The number of Topliss-reactive ketones (excluding diaryl/α,β-unsaturated/α-hetero) is 1. The average molecular weight is 465 g/mol. The maximum absolute atomic E-state index is 13.0. The van der Waals surface area contributed by atoms with Crippen LogP contribution in [0.4, 0.5) is 0 Å². The minimum atomic E-state index is -1.01. The van der Waals surface area contributed by atoms with E-state index in [1.165, 1.54) is 7.11 Å². The first-order valence-corrected chi connectivity index (χ1v) is 10.8. The van der Waals surface area contributed by atoms with Crippen LogP contribution in [0.15, 0.2) is 78.9 Å². The molecule has 0 aliphatic heterocycles. The van der Waals surface area contributed by atoms with Crippen LogP contribution in [0.5, 0.6) is 11.5 Å². The highest BCUT2D eigenvalue weighted by Gasteiger charge is 2.35. The Morgan fingerprint density at radius 2 is 1.21 bits per heavy atom. The van der Waals surface area contributed by atoms with Crippen molar-refractivity contribution in [3.05, 3.63) is 95.6 Å². The highest BCUT2D eigenvalue weighted by Crippen LogP contribution is 2.42. The lowest BCUT2D eigenvalue weighted by Crippen LogP contribution is -2.26. The van der Waals surface area contributed by atoms with E-state index in [2.05, 4.69) is 0 Å². The van der Waals surface area contributed by atoms with Crippen LogP contribution in [-0.4, -0.2) is 46.3 Å². The van der Waals surface area contributed by atoms with E-state index in [0.29, 0.717) is 29.2 Å². The zero-order valence-electron chi connectivity index (χ0n) is 19.4. The van der Waals surface area contributed by atoms with Crippen LogP contribution in [0.3, 0.4) is 0 Å². The molecule has 3 aromatic carbocycles. The van der Waals surface area contributed by atoms with Crippen LogP contribution < -0.4 is 9.47 Å². The van der Waals surface area contributed by atoms with E-state index in [0.717, 1.165) is 0 Å². The summed E-state index contributed by atoms with van der Waals surface area (Å²) in [6, 6.07) is 22.7. The van der Waals surface area contributed by atoms with Gasteiger partial charge in [0.2, 0.25) is 0 Å². The number of ether oxygens (including phenoxy) is 5. The monoisotopic (exact) mass is 464 g/mol. The summed E-state index contributed by atoms with van der Waals surface area (Å²) in [5.74, 6) is -0.716. The molecule has 0 radical (unpaired) electrons. The standard InChI is InChI=1S/C27H28O7/c1-30-17-18-33-25(20-13-7-9-15-22(20)31-2)26(21-14-8-10-16-23(21)32-3)34-27(29)24(28)19-11-5-4-6-12-19/h4-16,25-26H,17-18H2,1-3H3/t25-,26+/m0/s1. The van der Waals surface area contributed by atoms with Gasteiger partial charge >= 0.3 is 5.97 Å². The molecule has 0 aliphatic rings. The Bertz CT molecular complexity index is 1080. The summed E-state index contributed by atoms with van der Waals surface area (Å²) in [5.41, 5.74) is 1.44. The second-order valence-electron chi connectivity index (χ2n) is 7.29. The fourth-order valence-corrected chi connectivity index (χ4v) is 3.57. The Hall–Kier alpha value is -3.68. The van der Waals surface area contributed by atoms with Crippen molar-refractivity contribution >= 4 is 11.8 Å². The fourth-order valence-electron chi connectivity index (χ4n) is 3.57. The first-order chi connectivity index (χ1) is 16.6. The zero-order valence-corrected chi connectivity index (χ0v) is 19.4. The molecule has 0 saturated heterocycles. The van der Waals surface area contributed by atoms with Crippen molar-refractivity contribution in [3.8, 4) is 11.5 Å². The van der Waals surface area contributed by atoms with E-state index in [4.69, 9.17) is 23.7 Å². The van der Waals surface area contributed by atoms with Crippen LogP contribution in [0, 0.1) is 0 Å². The molecule has 7 heteroatoms. The second kappa shape index (κ2) is 12.5. The van der Waals surface area contributed by atoms with Gasteiger partial charge in [0.25, 0.3) is 5.78 Å². The maximum Gasteiger partial charge on any atom is 0.380 e. The highest BCUT2D eigenvalue weighted by atomic mass is 16.6. The molecule has 7 nitrogen and oxygen atoms in total. The summed E-state index contributed by atoms with van der Waals surface area (Å²) in [7, 11) is 4.64. The lowest BCUT2D eigenvalue weighted by atomic mass is 9.96. The van der Waals surface area contributed by atoms with Crippen molar-refractivity contribution in [2.75, 3.05) is 34.5 Å². The van der Waals surface area contributed by atoms with Crippen LogP contribution in [0.25, 0.3) is 0 Å². The van der Waals surface area contributed by atoms with Crippen LogP contribution in [0.2, 0.25) is 0 Å². The molecule has 0 bridgehead atoms. The molecule has 0 spiro atoms. The van der Waals surface area contributed by atoms with Crippen molar-refractivity contribution in [3.63, 3.8) is 0 Å². The van der Waals surface area contributed by atoms with Gasteiger partial charge in [-0.25, -0.2) is 4.79 Å². The van der Waals surface area contributed by atoms with E-state index in [1.54, 1.807) is 74.9 Å². The highest BCUT2D eigenvalue weighted by molar-refractivity contribution is 6.40. The van der Waals surface area contributed by atoms with Crippen molar-refractivity contribution in [1.29, 1.82) is 0 Å². The Balaban J connectivity index is 2.07. The van der Waals surface area contributed by atoms with E-state index in [1.807, 2.05) is 18.2 Å². The third kappa shape index (κ3) is 6.01. The number of hydrogen-bond acceptors (Lipinski definition) is 7. The lowest BCUT2D eigenvalue weighted by molar-refractivity contribution is -0.154. The first kappa shape index (κ1) is 25.0. The Morgan fingerprint density at radius 1 is 0.676 bits per heavy atom. The molecule has 0 aliphatic carbocycles. The smallest absolute Gasteiger partial charge is 0.380 e. The Labute approximate surface area is 199 Å². The zero-order chi connectivity index (χ0) is 24.3. The van der Waals surface area contributed by atoms with Crippen LogP contribution in [-0.2, 0) is 19.0 Å². The van der Waals surface area contributed by atoms with Gasteiger partial charge in [-0.05, 0) is 12.1 Å². The van der Waals surface area contributed by atoms with Crippen molar-refractivity contribution in [2.24, 2.45) is 0 Å². The summed E-state index contributed by atoms with van der Waals surface area (Å²) >= 11 is 0. The first-order valence-electron chi connectivity index (χ1n) is 10.8. The molecule has 2 atom stereocenters. The Morgan fingerprint density at radius 3 is 1.76 bits per heavy atom. The number of esters is 1. The number of para-hydroxylation sites is 2. The topological polar surface area (TPSA) is 80.3 Å². The molecule has 0 fully saturated rings. The SMILES string of the molecule is COCCO[C@@H](c1ccccc1OC)[C@H](OC(=O)C(=O)c1ccccc1)c1ccccc1OC. The molecule has 3 rings (SSSR count). The number of carbonyl (C=O) groups excluding carboxylic acids is 2. The molecule has 3 aromatic rings. The summed E-state index contributed by atoms with van der Waals surface area (Å²) in [5, 5.41) is 0. The Kier molecular flexibility index (Phi) is 9.20. The number of ketones is 1. The molecular weight excluding hydrogens is 436 g/mol. The van der Waals surface area contributed by atoms with E-state index in [-0.39, 0.29) is 12.2 Å². The molecular formula is C27H28O7. The van der Waals surface area contributed by atoms with Gasteiger partial charge in [0.15, 0.2) is 6.10 Å². The molecule has 0 aromatic heterocycles. The van der Waals surface area contributed by atoms with Gasteiger partial charge in [-0.2, -0.15) is 0 Å². The molecule has 0 unspecified atom stereocenters. The van der Waals surface area contributed by atoms with Gasteiger partial charge in [-0.3, -0.25) is 4.79 Å². The lowest BCUT2D eigenvalue weighted by Gasteiger charge is -2.29. The van der Waals surface area contributed by atoms with E-state index >= 15 is 0 Å². The summed E-state index contributed by atoms with van der Waals surface area (Å²) in [4.78, 5) is 25.8. The molecule has 0 heterocycles. The minimum Gasteiger partial charge on any atom is -0.496 e. The van der Waals surface area contributed by atoms with Crippen LogP contribution in [0.1, 0.15) is 33.7 Å². The molecule has 34 heavy (non-hydrogen) atoms. The number of methoxy groups -OCH3 is 3. The van der Waals surface area contributed by atoms with E-state index < -0.39 is 24.0 Å². The maximum atomic E-state index is 13.0. The molecule has 178 valence electrons. The van der Waals surface area contributed by atoms with Crippen molar-refractivity contribution in [1.82, 2.24) is 0 Å². The average Bonchev–Trinajstić information content (AvgIpc) is 2.90. The van der Waals surface area contributed by atoms with Crippen molar-refractivity contribution < 1.29 is 33.3 Å². The number of benzene rings is 3. The second-order valence-corrected chi connectivity index (χ2v) is 7.29. The van der Waals surface area contributed by atoms with Crippen molar-refractivity contribution in [2.45, 2.75) is 12.2 Å². The number of rotatable bonds is 12.